The number of aromatic nitrogens is 2. The monoisotopic (exact) mass is 462 g/mol. The molecule has 2 N–H and O–H groups in total. The molecule has 1 saturated carbocycles. The van der Waals surface area contributed by atoms with Gasteiger partial charge in [-0.1, -0.05) is 12.1 Å². The van der Waals surface area contributed by atoms with Crippen molar-refractivity contribution in [3.05, 3.63) is 78.2 Å². The number of nitrogens with zero attached hydrogens (tertiary/aromatic N) is 2. The second-order valence-electron chi connectivity index (χ2n) is 7.85. The maximum absolute atomic E-state index is 13.0. The fraction of sp³-hybridized carbons (Fsp3) is 0.280. The van der Waals surface area contributed by atoms with Gasteiger partial charge in [0.25, 0.3) is 11.8 Å². The van der Waals surface area contributed by atoms with Crippen molar-refractivity contribution in [2.75, 3.05) is 6.26 Å². The average molecular weight is 463 g/mol. The van der Waals surface area contributed by atoms with Gasteiger partial charge < -0.3 is 15.4 Å². The number of rotatable bonds is 7. The molecule has 1 fully saturated rings. The van der Waals surface area contributed by atoms with Gasteiger partial charge in [0.15, 0.2) is 0 Å². The summed E-state index contributed by atoms with van der Waals surface area (Å²) in [4.78, 5) is 34.7. The van der Waals surface area contributed by atoms with Crippen LogP contribution in [0.3, 0.4) is 0 Å². The van der Waals surface area contributed by atoms with Crippen LogP contribution in [0.1, 0.15) is 46.5 Å². The van der Waals surface area contributed by atoms with Gasteiger partial charge >= 0.3 is 0 Å². The van der Waals surface area contributed by atoms with Crippen LogP contribution < -0.4 is 15.4 Å². The van der Waals surface area contributed by atoms with Crippen LogP contribution in [0, 0.1) is 0 Å². The van der Waals surface area contributed by atoms with Crippen LogP contribution in [0.2, 0.25) is 0 Å². The first-order valence-corrected chi connectivity index (χ1v) is 12.1. The van der Waals surface area contributed by atoms with Gasteiger partial charge in [-0.05, 0) is 74.4 Å². The van der Waals surface area contributed by atoms with E-state index in [0.29, 0.717) is 17.0 Å². The Balaban J connectivity index is 1.32. The number of hydrogen-bond donors (Lipinski definition) is 2. The Kier molecular flexibility index (Phi) is 7.57. The molecule has 2 aromatic heterocycles. The number of carbonyl (C=O) groups is 2. The lowest BCUT2D eigenvalue weighted by Crippen LogP contribution is -2.44. The summed E-state index contributed by atoms with van der Waals surface area (Å²) in [6.07, 6.45) is 8.37. The van der Waals surface area contributed by atoms with Crippen LogP contribution in [0.5, 0.6) is 11.6 Å². The number of nitrogens with one attached hydrogen (secondary N) is 2. The summed E-state index contributed by atoms with van der Waals surface area (Å²) < 4.78 is 5.93. The molecule has 0 radical (unpaired) electrons. The third kappa shape index (κ3) is 6.10. The van der Waals surface area contributed by atoms with Crippen molar-refractivity contribution in [1.82, 2.24) is 20.6 Å². The van der Waals surface area contributed by atoms with E-state index in [4.69, 9.17) is 4.74 Å². The molecule has 8 heteroatoms. The molecule has 4 rings (SSSR count). The summed E-state index contributed by atoms with van der Waals surface area (Å²) in [5, 5.41) is 6.14. The zero-order valence-corrected chi connectivity index (χ0v) is 19.2. The highest BCUT2D eigenvalue weighted by Gasteiger charge is 2.25. The molecule has 170 valence electrons. The van der Waals surface area contributed by atoms with Crippen LogP contribution in [0.4, 0.5) is 0 Å². The molecule has 1 aliphatic rings. The van der Waals surface area contributed by atoms with Crippen LogP contribution >= 0.6 is 11.8 Å². The van der Waals surface area contributed by atoms with Gasteiger partial charge in [0.05, 0.1) is 0 Å². The Morgan fingerprint density at radius 3 is 2.30 bits per heavy atom. The molecule has 2 amide bonds. The minimum atomic E-state index is -0.208. The van der Waals surface area contributed by atoms with Crippen molar-refractivity contribution in [1.29, 1.82) is 0 Å². The zero-order valence-electron chi connectivity index (χ0n) is 18.4. The molecule has 3 aromatic rings. The molecule has 0 spiro atoms. The summed E-state index contributed by atoms with van der Waals surface area (Å²) in [6, 6.07) is 16.5. The van der Waals surface area contributed by atoms with E-state index in [9.17, 15) is 9.59 Å². The van der Waals surface area contributed by atoms with E-state index in [0.717, 1.165) is 30.6 Å². The van der Waals surface area contributed by atoms with Crippen molar-refractivity contribution >= 4 is 23.6 Å². The zero-order chi connectivity index (χ0) is 23.0. The van der Waals surface area contributed by atoms with Crippen LogP contribution in [0.25, 0.3) is 0 Å². The standard InChI is InChI=1S/C25H26N4O3S/c1-33-20-7-4-6-19(16-20)32-25-21(8-5-15-27-25)23(30)28-17-10-12-18(13-11-17)29-24(31)22-9-2-3-14-26-22/h2-9,14-18H,10-13H2,1H3,(H,28,30)(H,29,31). The predicted octanol–water partition coefficient (Wildman–Crippen LogP) is 4.46. The predicted molar refractivity (Wildman–Crippen MR) is 128 cm³/mol. The highest BCUT2D eigenvalue weighted by Crippen LogP contribution is 2.27. The number of hydrogen-bond acceptors (Lipinski definition) is 6. The van der Waals surface area contributed by atoms with Crippen molar-refractivity contribution < 1.29 is 14.3 Å². The van der Waals surface area contributed by atoms with Gasteiger partial charge in [-0.3, -0.25) is 14.6 Å². The fourth-order valence-corrected chi connectivity index (χ4v) is 4.27. The molecule has 0 unspecified atom stereocenters. The molecular weight excluding hydrogens is 436 g/mol. The van der Waals surface area contributed by atoms with Gasteiger partial charge in [0.1, 0.15) is 17.0 Å². The molecule has 0 atom stereocenters. The molecule has 33 heavy (non-hydrogen) atoms. The van der Waals surface area contributed by atoms with E-state index in [1.165, 1.54) is 0 Å². The van der Waals surface area contributed by atoms with Gasteiger partial charge in [-0.15, -0.1) is 11.8 Å². The normalized spacial score (nSPS) is 17.7. The van der Waals surface area contributed by atoms with Crippen LogP contribution in [-0.2, 0) is 0 Å². The maximum Gasteiger partial charge on any atom is 0.270 e. The average Bonchev–Trinajstić information content (AvgIpc) is 2.86. The highest BCUT2D eigenvalue weighted by atomic mass is 32.2. The molecule has 0 aliphatic heterocycles. The first-order chi connectivity index (χ1) is 16.1. The first kappa shape index (κ1) is 22.8. The Labute approximate surface area is 197 Å². The second kappa shape index (κ2) is 11.0. The minimum absolute atomic E-state index is 0.0355. The third-order valence-corrected chi connectivity index (χ3v) is 6.29. The van der Waals surface area contributed by atoms with Gasteiger partial charge in [0.2, 0.25) is 5.88 Å². The lowest BCUT2D eigenvalue weighted by atomic mass is 9.91. The van der Waals surface area contributed by atoms with E-state index in [2.05, 4.69) is 20.6 Å². The summed E-state index contributed by atoms with van der Waals surface area (Å²) >= 11 is 1.62. The SMILES string of the molecule is CSc1cccc(Oc2ncccc2C(=O)NC2CCC(NC(=O)c3ccccn3)CC2)c1. The van der Waals surface area contributed by atoms with Gasteiger partial charge in [-0.25, -0.2) is 4.98 Å². The summed E-state index contributed by atoms with van der Waals surface area (Å²) in [5.41, 5.74) is 0.817. The molecule has 7 nitrogen and oxygen atoms in total. The quantitative estimate of drug-likeness (QED) is 0.504. The topological polar surface area (TPSA) is 93.2 Å². The number of carbonyl (C=O) groups excluding carboxylic acids is 2. The maximum atomic E-state index is 13.0. The molecule has 0 saturated heterocycles. The summed E-state index contributed by atoms with van der Waals surface area (Å²) in [7, 11) is 0. The molecule has 1 aliphatic carbocycles. The number of benzene rings is 1. The Morgan fingerprint density at radius 1 is 0.879 bits per heavy atom. The van der Waals surface area contributed by atoms with Gasteiger partial charge in [0, 0.05) is 29.4 Å². The molecular formula is C25H26N4O3S. The Bertz CT molecular complexity index is 1100. The van der Waals surface area contributed by atoms with E-state index < -0.39 is 0 Å². The second-order valence-corrected chi connectivity index (χ2v) is 8.73. The van der Waals surface area contributed by atoms with Crippen molar-refractivity contribution in [3.63, 3.8) is 0 Å². The van der Waals surface area contributed by atoms with Crippen molar-refractivity contribution in [2.24, 2.45) is 0 Å². The molecule has 1 aromatic carbocycles. The molecule has 2 heterocycles. The van der Waals surface area contributed by atoms with E-state index in [-0.39, 0.29) is 29.8 Å². The number of thioether (sulfide) groups is 1. The van der Waals surface area contributed by atoms with Gasteiger partial charge in [-0.2, -0.15) is 0 Å². The summed E-state index contributed by atoms with van der Waals surface area (Å²) in [6.45, 7) is 0. The number of pyridine rings is 2. The van der Waals surface area contributed by atoms with Crippen LogP contribution in [0.15, 0.2) is 71.9 Å². The Hall–Kier alpha value is -3.39. The first-order valence-electron chi connectivity index (χ1n) is 10.9. The smallest absolute Gasteiger partial charge is 0.270 e. The lowest BCUT2D eigenvalue weighted by molar-refractivity contribution is 0.0887. The Morgan fingerprint density at radius 2 is 1.61 bits per heavy atom. The highest BCUT2D eigenvalue weighted by molar-refractivity contribution is 7.98. The molecule has 0 bridgehead atoms. The van der Waals surface area contributed by atoms with Crippen LogP contribution in [-0.4, -0.2) is 40.1 Å². The largest absolute Gasteiger partial charge is 0.438 e. The lowest BCUT2D eigenvalue weighted by Gasteiger charge is -2.29. The van der Waals surface area contributed by atoms with Crippen molar-refractivity contribution in [3.8, 4) is 11.6 Å². The third-order valence-electron chi connectivity index (χ3n) is 5.57. The minimum Gasteiger partial charge on any atom is -0.438 e. The van der Waals surface area contributed by atoms with Crippen molar-refractivity contribution in [2.45, 2.75) is 42.7 Å². The number of ether oxygens (including phenoxy) is 1. The van der Waals surface area contributed by atoms with E-state index in [1.54, 1.807) is 54.5 Å². The van der Waals surface area contributed by atoms with E-state index >= 15 is 0 Å². The number of amides is 2. The summed E-state index contributed by atoms with van der Waals surface area (Å²) in [5.74, 6) is 0.550. The fourth-order valence-electron chi connectivity index (χ4n) is 3.82. The van der Waals surface area contributed by atoms with E-state index in [1.807, 2.05) is 30.5 Å².